The minimum absolute atomic E-state index is 0.108. The number of phosphoric acid groups is 2. The monoisotopic (exact) mass is 1510 g/mol. The van der Waals surface area contributed by atoms with E-state index in [1.807, 2.05) is 0 Å². The summed E-state index contributed by atoms with van der Waals surface area (Å²) in [7, 11) is -9.92. The van der Waals surface area contributed by atoms with E-state index in [-0.39, 0.29) is 25.7 Å². The molecule has 0 amide bonds. The van der Waals surface area contributed by atoms with Crippen LogP contribution < -0.4 is 0 Å². The number of hydrogen-bond acceptors (Lipinski definition) is 15. The number of aliphatic hydroxyl groups is 1. The van der Waals surface area contributed by atoms with Gasteiger partial charge in [-0.3, -0.25) is 37.3 Å². The molecule has 0 heterocycles. The number of carbonyl (C=O) groups is 4. The molecule has 0 saturated carbocycles. The Morgan fingerprint density at radius 3 is 0.660 bits per heavy atom. The molecule has 0 bridgehead atoms. The molecule has 0 aliphatic carbocycles. The van der Waals surface area contributed by atoms with Crippen LogP contribution in [0.3, 0.4) is 0 Å². The molecule has 0 aliphatic rings. The first-order chi connectivity index (χ1) is 50.0. The van der Waals surface area contributed by atoms with Crippen LogP contribution in [0.25, 0.3) is 0 Å². The van der Waals surface area contributed by atoms with Gasteiger partial charge in [-0.25, -0.2) is 9.13 Å². The van der Waals surface area contributed by atoms with Gasteiger partial charge in [0.15, 0.2) is 12.2 Å². The molecule has 0 rings (SSSR count). The van der Waals surface area contributed by atoms with Crippen LogP contribution >= 0.6 is 15.6 Å². The normalized spacial score (nSPS) is 13.8. The molecule has 19 heteroatoms. The Kier molecular flexibility index (Phi) is 75.4. The largest absolute Gasteiger partial charge is 0.472 e. The number of hydrogen-bond donors (Lipinski definition) is 3. The molecule has 2 unspecified atom stereocenters. The molecule has 5 atom stereocenters. The van der Waals surface area contributed by atoms with Gasteiger partial charge in [0.1, 0.15) is 19.3 Å². The van der Waals surface area contributed by atoms with Crippen LogP contribution in [0.2, 0.25) is 0 Å². The van der Waals surface area contributed by atoms with Crippen LogP contribution in [-0.2, 0) is 65.4 Å². The minimum atomic E-state index is -4.96. The van der Waals surface area contributed by atoms with Crippen LogP contribution in [0.5, 0.6) is 0 Å². The van der Waals surface area contributed by atoms with Crippen LogP contribution in [-0.4, -0.2) is 96.7 Å². The van der Waals surface area contributed by atoms with Crippen molar-refractivity contribution in [3.05, 3.63) is 0 Å². The number of unbranched alkanes of at least 4 members (excludes halogenated alkanes) is 56. The fourth-order valence-electron chi connectivity index (χ4n) is 13.1. The molecule has 0 spiro atoms. The van der Waals surface area contributed by atoms with Crippen molar-refractivity contribution in [2.24, 2.45) is 5.92 Å². The Bertz CT molecular complexity index is 1960. The van der Waals surface area contributed by atoms with Gasteiger partial charge in [0.25, 0.3) is 0 Å². The predicted octanol–water partition coefficient (Wildman–Crippen LogP) is 25.6. The van der Waals surface area contributed by atoms with Gasteiger partial charge in [-0.2, -0.15) is 0 Å². The average Bonchev–Trinajstić information content (AvgIpc) is 0.931. The molecule has 0 aromatic carbocycles. The van der Waals surface area contributed by atoms with Crippen LogP contribution in [0.15, 0.2) is 0 Å². The topological polar surface area (TPSA) is 237 Å². The second kappa shape index (κ2) is 76.8. The van der Waals surface area contributed by atoms with E-state index >= 15 is 0 Å². The first kappa shape index (κ1) is 101. The summed E-state index contributed by atoms with van der Waals surface area (Å²) in [5.41, 5.74) is 0. The number of rotatable bonds is 84. The van der Waals surface area contributed by atoms with Gasteiger partial charge >= 0.3 is 39.5 Å². The van der Waals surface area contributed by atoms with Crippen LogP contribution in [0.1, 0.15) is 452 Å². The summed E-state index contributed by atoms with van der Waals surface area (Å²) in [4.78, 5) is 73.0. The van der Waals surface area contributed by atoms with Crippen molar-refractivity contribution in [2.75, 3.05) is 39.6 Å². The highest BCUT2D eigenvalue weighted by atomic mass is 31.2. The number of carbonyl (C=O) groups excluding carboxylic acids is 4. The van der Waals surface area contributed by atoms with E-state index in [0.717, 1.165) is 102 Å². The summed E-state index contributed by atoms with van der Waals surface area (Å²) in [6, 6.07) is 0. The van der Waals surface area contributed by atoms with Crippen LogP contribution in [0, 0.1) is 5.92 Å². The van der Waals surface area contributed by atoms with E-state index in [2.05, 4.69) is 34.6 Å². The zero-order valence-corrected chi connectivity index (χ0v) is 69.3. The summed E-state index contributed by atoms with van der Waals surface area (Å²) in [6.07, 6.45) is 69.6. The molecular formula is C84H164O17P2. The lowest BCUT2D eigenvalue weighted by Gasteiger charge is -2.21. The van der Waals surface area contributed by atoms with Crippen molar-refractivity contribution in [3.63, 3.8) is 0 Å². The number of aliphatic hydroxyl groups excluding tert-OH is 1. The average molecular weight is 1510 g/mol. The standard InChI is InChI=1S/C84H164O17P2/c1-6-9-12-15-18-21-23-25-27-29-31-33-35-37-41-45-49-54-59-64-69-84(89)101-80(74-95-82(87)68-63-58-53-48-44-40-36-34-32-30-28-26-24-22-19-16-13-10-7-2)76-99-103(92,93)97-72-78(85)71-96-102(90,91)98-75-79(73-94-81(86)67-62-57-52-20-17-14-11-8-3)100-83(88)70-65-60-55-50-46-42-38-39-43-47-51-56-61-66-77(4)5/h77-80,85H,6-76H2,1-5H3,(H,90,91)(H,92,93)/t78-,79+,80+/m0/s1. The maximum atomic E-state index is 13.1. The number of phosphoric ester groups is 2. The molecule has 103 heavy (non-hydrogen) atoms. The van der Waals surface area contributed by atoms with Gasteiger partial charge in [-0.15, -0.1) is 0 Å². The third-order valence-electron chi connectivity index (χ3n) is 19.8. The predicted molar refractivity (Wildman–Crippen MR) is 423 cm³/mol. The molecule has 0 radical (unpaired) electrons. The SMILES string of the molecule is CCCCCCCCCCCCCCCCCCCCCCC(=O)O[C@H](COC(=O)CCCCCCCCCCCCCCCCCCCCC)COP(=O)(O)OC[C@@H](O)COP(=O)(O)OC[C@@H](COC(=O)CCCCCCCCCC)OC(=O)CCCCCCCCCCCCCCCC(C)C. The van der Waals surface area contributed by atoms with Crippen molar-refractivity contribution in [1.82, 2.24) is 0 Å². The van der Waals surface area contributed by atoms with Gasteiger partial charge in [0.2, 0.25) is 0 Å². The summed E-state index contributed by atoms with van der Waals surface area (Å²) >= 11 is 0. The second-order valence-electron chi connectivity index (χ2n) is 30.7. The third-order valence-corrected chi connectivity index (χ3v) is 21.7. The van der Waals surface area contributed by atoms with E-state index in [4.69, 9.17) is 37.0 Å². The highest BCUT2D eigenvalue weighted by Gasteiger charge is 2.30. The molecule has 0 aliphatic heterocycles. The Balaban J connectivity index is 5.19. The minimum Gasteiger partial charge on any atom is -0.462 e. The first-order valence-corrected chi connectivity index (χ1v) is 46.6. The lowest BCUT2D eigenvalue weighted by molar-refractivity contribution is -0.161. The smallest absolute Gasteiger partial charge is 0.462 e. The van der Waals surface area contributed by atoms with E-state index in [1.54, 1.807) is 0 Å². The molecular weight excluding hydrogens is 1340 g/mol. The summed E-state index contributed by atoms with van der Waals surface area (Å²) in [5, 5.41) is 10.7. The highest BCUT2D eigenvalue weighted by molar-refractivity contribution is 7.47. The van der Waals surface area contributed by atoms with Gasteiger partial charge in [-0.05, 0) is 31.6 Å². The van der Waals surface area contributed by atoms with Crippen molar-refractivity contribution in [1.29, 1.82) is 0 Å². The van der Waals surface area contributed by atoms with Gasteiger partial charge in [-0.1, -0.05) is 401 Å². The van der Waals surface area contributed by atoms with E-state index in [0.29, 0.717) is 25.7 Å². The fourth-order valence-corrected chi connectivity index (χ4v) is 14.7. The second-order valence-corrected chi connectivity index (χ2v) is 33.6. The Labute approximate surface area is 632 Å². The fraction of sp³-hybridized carbons (Fsp3) is 0.952. The third kappa shape index (κ3) is 78.0. The maximum Gasteiger partial charge on any atom is 0.472 e. The Hall–Kier alpha value is -1.94. The molecule has 612 valence electrons. The van der Waals surface area contributed by atoms with Crippen molar-refractivity contribution >= 4 is 39.5 Å². The van der Waals surface area contributed by atoms with Crippen LogP contribution in [0.4, 0.5) is 0 Å². The lowest BCUT2D eigenvalue weighted by atomic mass is 10.0. The van der Waals surface area contributed by atoms with Crippen molar-refractivity contribution < 1.29 is 80.2 Å². The van der Waals surface area contributed by atoms with Gasteiger partial charge < -0.3 is 33.8 Å². The Morgan fingerprint density at radius 2 is 0.447 bits per heavy atom. The molecule has 0 fully saturated rings. The molecule has 17 nitrogen and oxygen atoms in total. The molecule has 0 aromatic rings. The number of esters is 4. The summed E-state index contributed by atoms with van der Waals surface area (Å²) in [6.45, 7) is 7.34. The highest BCUT2D eigenvalue weighted by Crippen LogP contribution is 2.45. The first-order valence-electron chi connectivity index (χ1n) is 43.6. The maximum absolute atomic E-state index is 13.1. The Morgan fingerprint density at radius 1 is 0.262 bits per heavy atom. The summed E-state index contributed by atoms with van der Waals surface area (Å²) in [5.74, 6) is -1.32. The lowest BCUT2D eigenvalue weighted by Crippen LogP contribution is -2.30. The van der Waals surface area contributed by atoms with E-state index in [1.165, 1.54) is 270 Å². The molecule has 0 saturated heterocycles. The van der Waals surface area contributed by atoms with E-state index in [9.17, 15) is 43.2 Å². The van der Waals surface area contributed by atoms with Gasteiger partial charge in [0, 0.05) is 25.7 Å². The zero-order valence-electron chi connectivity index (χ0n) is 67.5. The van der Waals surface area contributed by atoms with Crippen molar-refractivity contribution in [2.45, 2.75) is 470 Å². The summed E-state index contributed by atoms with van der Waals surface area (Å²) < 4.78 is 68.8. The van der Waals surface area contributed by atoms with Crippen molar-refractivity contribution in [3.8, 4) is 0 Å². The van der Waals surface area contributed by atoms with E-state index < -0.39 is 97.5 Å². The molecule has 0 aromatic heterocycles. The van der Waals surface area contributed by atoms with Gasteiger partial charge in [0.05, 0.1) is 26.4 Å². The quantitative estimate of drug-likeness (QED) is 0.0222. The molecule has 3 N–H and O–H groups in total. The zero-order chi connectivity index (χ0) is 75.5. The number of ether oxygens (including phenoxy) is 4.